The molecule has 0 unspecified atom stereocenters. The smallest absolute Gasteiger partial charge is 0.209 e. The summed E-state index contributed by atoms with van der Waals surface area (Å²) in [6.45, 7) is 0. The van der Waals surface area contributed by atoms with E-state index in [1.807, 2.05) is 42.6 Å². The lowest BCUT2D eigenvalue weighted by Crippen LogP contribution is -1.93. The summed E-state index contributed by atoms with van der Waals surface area (Å²) >= 11 is 6.25. The highest BCUT2D eigenvalue weighted by atomic mass is 35.5. The van der Waals surface area contributed by atoms with E-state index < -0.39 is 0 Å². The highest BCUT2D eigenvalue weighted by molar-refractivity contribution is 6.29. The molecule has 0 radical (unpaired) electrons. The van der Waals surface area contributed by atoms with Crippen molar-refractivity contribution in [1.29, 1.82) is 0 Å². The van der Waals surface area contributed by atoms with Gasteiger partial charge in [0.1, 0.15) is 11.3 Å². The summed E-state index contributed by atoms with van der Waals surface area (Å²) in [5, 5.41) is 0.358. The summed E-state index contributed by atoms with van der Waals surface area (Å²) in [6, 6.07) is 11.4. The van der Waals surface area contributed by atoms with Crippen LogP contribution in [0.2, 0.25) is 5.28 Å². The Labute approximate surface area is 131 Å². The van der Waals surface area contributed by atoms with Crippen molar-refractivity contribution in [3.05, 3.63) is 54.1 Å². The van der Waals surface area contributed by atoms with Crippen LogP contribution in [0.25, 0.3) is 27.9 Å². The number of aromatic nitrogens is 4. The van der Waals surface area contributed by atoms with Crippen molar-refractivity contribution in [2.75, 3.05) is 7.11 Å². The molecule has 0 aliphatic carbocycles. The lowest BCUT2D eigenvalue weighted by Gasteiger charge is -2.00. The predicted molar refractivity (Wildman–Crippen MR) is 85.3 cm³/mol. The van der Waals surface area contributed by atoms with Crippen LogP contribution in [0.1, 0.15) is 0 Å². The number of methoxy groups -OCH3 is 1. The molecule has 0 bridgehead atoms. The van der Waals surface area contributed by atoms with Crippen molar-refractivity contribution >= 4 is 28.3 Å². The van der Waals surface area contributed by atoms with Crippen LogP contribution in [0.15, 0.2) is 48.8 Å². The number of pyridine rings is 1. The molecule has 0 aliphatic rings. The van der Waals surface area contributed by atoms with E-state index in [9.17, 15) is 0 Å². The van der Waals surface area contributed by atoms with Crippen LogP contribution in [-0.2, 0) is 0 Å². The molecule has 6 heteroatoms. The zero-order valence-electron chi connectivity index (χ0n) is 11.7. The topological polar surface area (TPSA) is 52.3 Å². The molecule has 0 atom stereocenters. The van der Waals surface area contributed by atoms with Gasteiger partial charge in [-0.25, -0.2) is 9.97 Å². The molecule has 4 aromatic rings. The van der Waals surface area contributed by atoms with E-state index >= 15 is 0 Å². The van der Waals surface area contributed by atoms with Crippen LogP contribution in [-0.4, -0.2) is 26.5 Å². The molecule has 0 fully saturated rings. The Morgan fingerprint density at radius 3 is 2.91 bits per heavy atom. The van der Waals surface area contributed by atoms with Crippen molar-refractivity contribution in [2.24, 2.45) is 0 Å². The number of benzene rings is 1. The monoisotopic (exact) mass is 310 g/mol. The summed E-state index contributed by atoms with van der Waals surface area (Å²) in [5.74, 6) is 0.779. The Morgan fingerprint density at radius 2 is 2.05 bits per heavy atom. The first-order chi connectivity index (χ1) is 10.8. The van der Waals surface area contributed by atoms with E-state index in [-0.39, 0.29) is 0 Å². The van der Waals surface area contributed by atoms with Gasteiger partial charge in [0.2, 0.25) is 5.28 Å². The molecule has 0 N–H and O–H groups in total. The van der Waals surface area contributed by atoms with E-state index in [1.54, 1.807) is 17.7 Å². The standard InChI is InChI=1S/C16H11ClN4O/c1-22-11-5-2-4-10(8-11)13-9-21-15(19-13)14-12(20-16(21)17)6-3-7-18-14/h2-9H,1H3. The number of fused-ring (bicyclic) bond motifs is 3. The molecule has 1 aromatic carbocycles. The summed E-state index contributed by atoms with van der Waals surface area (Å²) in [6.07, 6.45) is 3.57. The summed E-state index contributed by atoms with van der Waals surface area (Å²) in [4.78, 5) is 13.4. The molecular formula is C16H11ClN4O. The normalized spacial score (nSPS) is 11.2. The van der Waals surface area contributed by atoms with Gasteiger partial charge in [0.25, 0.3) is 0 Å². The zero-order valence-corrected chi connectivity index (χ0v) is 12.4. The second kappa shape index (κ2) is 4.96. The van der Waals surface area contributed by atoms with Gasteiger partial charge in [-0.05, 0) is 35.9 Å². The van der Waals surface area contributed by atoms with Crippen LogP contribution in [0.3, 0.4) is 0 Å². The maximum atomic E-state index is 6.25. The minimum atomic E-state index is 0.358. The largest absolute Gasteiger partial charge is 0.497 e. The van der Waals surface area contributed by atoms with Crippen LogP contribution >= 0.6 is 11.6 Å². The zero-order chi connectivity index (χ0) is 15.1. The van der Waals surface area contributed by atoms with Crippen LogP contribution in [0.5, 0.6) is 5.75 Å². The first-order valence-corrected chi connectivity index (χ1v) is 7.08. The Kier molecular flexibility index (Phi) is 2.94. The quantitative estimate of drug-likeness (QED) is 0.531. The molecule has 3 heterocycles. The fourth-order valence-corrected chi connectivity index (χ4v) is 2.64. The molecule has 0 saturated heterocycles. The first-order valence-electron chi connectivity index (χ1n) is 6.70. The maximum Gasteiger partial charge on any atom is 0.209 e. The molecule has 22 heavy (non-hydrogen) atoms. The van der Waals surface area contributed by atoms with Gasteiger partial charge in [-0.1, -0.05) is 12.1 Å². The van der Waals surface area contributed by atoms with Crippen LogP contribution in [0, 0.1) is 0 Å². The number of nitrogens with zero attached hydrogens (tertiary/aromatic N) is 4. The average Bonchev–Trinajstić information content (AvgIpc) is 3.01. The fraction of sp³-hybridized carbons (Fsp3) is 0.0625. The Bertz CT molecular complexity index is 996. The second-order valence-electron chi connectivity index (χ2n) is 4.80. The van der Waals surface area contributed by atoms with Crippen molar-refractivity contribution < 1.29 is 4.74 Å². The van der Waals surface area contributed by atoms with Gasteiger partial charge in [-0.15, -0.1) is 0 Å². The van der Waals surface area contributed by atoms with Crippen molar-refractivity contribution in [2.45, 2.75) is 0 Å². The van der Waals surface area contributed by atoms with Crippen LogP contribution < -0.4 is 4.74 Å². The summed E-state index contributed by atoms with van der Waals surface area (Å²) in [5.41, 5.74) is 3.88. The van der Waals surface area contributed by atoms with Gasteiger partial charge in [0.15, 0.2) is 5.65 Å². The summed E-state index contributed by atoms with van der Waals surface area (Å²) < 4.78 is 7.00. The van der Waals surface area contributed by atoms with E-state index in [0.717, 1.165) is 28.0 Å². The van der Waals surface area contributed by atoms with Gasteiger partial charge in [-0.2, -0.15) is 0 Å². The van der Waals surface area contributed by atoms with Gasteiger partial charge >= 0.3 is 0 Å². The molecule has 5 nitrogen and oxygen atoms in total. The van der Waals surface area contributed by atoms with Crippen molar-refractivity contribution in [3.63, 3.8) is 0 Å². The molecule has 4 rings (SSSR count). The third kappa shape index (κ3) is 1.98. The lowest BCUT2D eigenvalue weighted by molar-refractivity contribution is 0.415. The highest BCUT2D eigenvalue weighted by Gasteiger charge is 2.12. The number of hydrogen-bond acceptors (Lipinski definition) is 4. The van der Waals surface area contributed by atoms with E-state index in [1.165, 1.54) is 0 Å². The average molecular weight is 311 g/mol. The molecule has 3 aromatic heterocycles. The first kappa shape index (κ1) is 13.0. The number of rotatable bonds is 2. The minimum absolute atomic E-state index is 0.358. The lowest BCUT2D eigenvalue weighted by atomic mass is 10.1. The molecular weight excluding hydrogens is 300 g/mol. The molecule has 0 saturated carbocycles. The maximum absolute atomic E-state index is 6.25. The molecule has 0 amide bonds. The van der Waals surface area contributed by atoms with Crippen molar-refractivity contribution in [3.8, 4) is 17.0 Å². The third-order valence-corrected chi connectivity index (χ3v) is 3.75. The Hall–Kier alpha value is -2.66. The van der Waals surface area contributed by atoms with Gasteiger partial charge < -0.3 is 4.74 Å². The van der Waals surface area contributed by atoms with E-state index in [0.29, 0.717) is 10.9 Å². The minimum Gasteiger partial charge on any atom is -0.497 e. The predicted octanol–water partition coefficient (Wildman–Crippen LogP) is 3.61. The molecule has 0 aliphatic heterocycles. The fourth-order valence-electron chi connectivity index (χ4n) is 2.42. The molecule has 108 valence electrons. The molecule has 0 spiro atoms. The van der Waals surface area contributed by atoms with E-state index in [4.69, 9.17) is 16.3 Å². The number of imidazole rings is 1. The van der Waals surface area contributed by atoms with Gasteiger partial charge in [0.05, 0.1) is 18.3 Å². The summed E-state index contributed by atoms with van der Waals surface area (Å²) in [7, 11) is 1.64. The van der Waals surface area contributed by atoms with Crippen molar-refractivity contribution in [1.82, 2.24) is 19.4 Å². The number of hydrogen-bond donors (Lipinski definition) is 0. The van der Waals surface area contributed by atoms with Gasteiger partial charge in [-0.3, -0.25) is 9.38 Å². The Balaban J connectivity index is 2.00. The van der Waals surface area contributed by atoms with Crippen LogP contribution in [0.4, 0.5) is 0 Å². The third-order valence-electron chi connectivity index (χ3n) is 3.48. The SMILES string of the molecule is COc1cccc(-c2cn3c(Cl)nc4cccnc4c3n2)c1. The van der Waals surface area contributed by atoms with E-state index in [2.05, 4.69) is 15.0 Å². The number of halogens is 1. The van der Waals surface area contributed by atoms with Gasteiger partial charge in [0, 0.05) is 18.0 Å². The highest BCUT2D eigenvalue weighted by Crippen LogP contribution is 2.27. The Morgan fingerprint density at radius 1 is 1.14 bits per heavy atom. The second-order valence-corrected chi connectivity index (χ2v) is 5.14. The number of ether oxygens (including phenoxy) is 1.